The van der Waals surface area contributed by atoms with Gasteiger partial charge in [-0.25, -0.2) is 4.39 Å². The van der Waals surface area contributed by atoms with Gasteiger partial charge in [-0.2, -0.15) is 0 Å². The fourth-order valence-corrected chi connectivity index (χ4v) is 10.7. The van der Waals surface area contributed by atoms with Gasteiger partial charge in [0.25, 0.3) is 11.8 Å². The average Bonchev–Trinajstić information content (AvgIpc) is 3.46. The van der Waals surface area contributed by atoms with E-state index in [2.05, 4.69) is 75.8 Å². The van der Waals surface area contributed by atoms with Gasteiger partial charge in [-0.05, 0) is 109 Å². The SMILES string of the molecule is O=C1CCC(N2C(=O)c3cc(F)c(N4CC5CC(C4)N5CC4CCN(c5ccc([C@@H]6c7ccc(O)cc7CC[C@@H]6c6ccccc6)cc5)CC4)cc3C2=O)C(=O)N1. The maximum atomic E-state index is 15.6. The number of hydrogen-bond donors (Lipinski definition) is 2. The van der Waals surface area contributed by atoms with Crippen molar-refractivity contribution in [1.82, 2.24) is 15.1 Å². The molecule has 4 aromatic carbocycles. The van der Waals surface area contributed by atoms with Crippen LogP contribution in [0.1, 0.15) is 93.3 Å². The molecule has 5 fully saturated rings. The summed E-state index contributed by atoms with van der Waals surface area (Å²) in [6.07, 6.45) is 5.36. The summed E-state index contributed by atoms with van der Waals surface area (Å²) in [6, 6.07) is 28.0. The van der Waals surface area contributed by atoms with Crippen LogP contribution in [0.2, 0.25) is 0 Å². The second kappa shape index (κ2) is 14.1. The molecule has 7 aliphatic rings. The van der Waals surface area contributed by atoms with Gasteiger partial charge >= 0.3 is 0 Å². The lowest BCUT2D eigenvalue weighted by molar-refractivity contribution is -0.136. The van der Waals surface area contributed by atoms with Gasteiger partial charge in [-0.15, -0.1) is 0 Å². The molecule has 6 aliphatic heterocycles. The minimum atomic E-state index is -1.08. The number of anilines is 2. The number of phenols is 1. The molecule has 3 unspecified atom stereocenters. The maximum Gasteiger partial charge on any atom is 0.262 e. The van der Waals surface area contributed by atoms with Crippen molar-refractivity contribution in [2.75, 3.05) is 42.5 Å². The monoisotopic (exact) mass is 767 g/mol. The number of phenolic OH excluding ortho intramolecular Hbond substituents is 1. The number of carbonyl (C=O) groups excluding carboxylic acids is 4. The number of rotatable bonds is 7. The molecule has 292 valence electrons. The van der Waals surface area contributed by atoms with Crippen LogP contribution in [0.15, 0.2) is 84.9 Å². The molecule has 5 atom stereocenters. The van der Waals surface area contributed by atoms with Crippen molar-refractivity contribution in [2.24, 2.45) is 5.92 Å². The molecule has 0 aromatic heterocycles. The number of amides is 4. The molecule has 0 saturated carbocycles. The highest BCUT2D eigenvalue weighted by molar-refractivity contribution is 6.23. The first-order chi connectivity index (χ1) is 27.7. The van der Waals surface area contributed by atoms with Gasteiger partial charge in [0.05, 0.1) is 16.8 Å². The highest BCUT2D eigenvalue weighted by Crippen LogP contribution is 2.47. The van der Waals surface area contributed by atoms with E-state index in [0.717, 1.165) is 62.7 Å². The first kappa shape index (κ1) is 35.8. The van der Waals surface area contributed by atoms with Crippen LogP contribution >= 0.6 is 0 Å². The zero-order valence-corrected chi connectivity index (χ0v) is 31.8. The average molecular weight is 768 g/mol. The summed E-state index contributed by atoms with van der Waals surface area (Å²) >= 11 is 0. The second-order valence-electron chi connectivity index (χ2n) is 16.9. The molecule has 5 saturated heterocycles. The molecule has 57 heavy (non-hydrogen) atoms. The molecular weight excluding hydrogens is 722 g/mol. The lowest BCUT2D eigenvalue weighted by Gasteiger charge is -2.58. The Balaban J connectivity index is 0.764. The molecule has 4 amide bonds. The van der Waals surface area contributed by atoms with Gasteiger partial charge in [0.15, 0.2) is 0 Å². The largest absolute Gasteiger partial charge is 0.508 e. The molecular formula is C46H46FN5O5. The molecule has 11 heteroatoms. The van der Waals surface area contributed by atoms with Crippen LogP contribution in [0.4, 0.5) is 15.8 Å². The molecule has 6 heterocycles. The van der Waals surface area contributed by atoms with Crippen LogP contribution in [0, 0.1) is 11.7 Å². The van der Waals surface area contributed by atoms with Gasteiger partial charge in [0.2, 0.25) is 11.8 Å². The number of carbonyl (C=O) groups is 4. The summed E-state index contributed by atoms with van der Waals surface area (Å²) < 4.78 is 15.6. The fraction of sp³-hybridized carbons (Fsp3) is 0.391. The maximum absolute atomic E-state index is 15.6. The summed E-state index contributed by atoms with van der Waals surface area (Å²) in [7, 11) is 0. The minimum absolute atomic E-state index is 0.0321. The first-order valence-electron chi connectivity index (χ1n) is 20.5. The summed E-state index contributed by atoms with van der Waals surface area (Å²) in [5, 5.41) is 12.4. The molecule has 4 aromatic rings. The second-order valence-corrected chi connectivity index (χ2v) is 16.9. The highest BCUT2D eigenvalue weighted by Gasteiger charge is 2.48. The number of imide groups is 2. The van der Waals surface area contributed by atoms with Crippen molar-refractivity contribution < 1.29 is 28.7 Å². The standard InChI is InChI=1S/C46H46FN5O5/c47-39-22-37-38(46(57)52(45(37)56)40-14-15-42(54)48-44(40)55)23-41(39)50-25-32-21-33(26-50)51(32)24-27-16-18-49(19-17-27)31-9-6-29(7-10-31)43-35(28-4-2-1-3-5-28)12-8-30-20-34(53)11-13-36(30)43/h1-7,9-11,13,20,22-23,27,32-33,35,40,43,53H,8,12,14-19,21,24-26H2,(H,48,54,55)/t32?,33?,35-,40?,43+/m1/s1. The lowest BCUT2D eigenvalue weighted by Crippen LogP contribution is -2.69. The number of aryl methyl sites for hydroxylation is 1. The summed E-state index contributed by atoms with van der Waals surface area (Å²) in [5.74, 6) is -1.47. The van der Waals surface area contributed by atoms with Gasteiger partial charge in [-0.1, -0.05) is 48.5 Å². The predicted octanol–water partition coefficient (Wildman–Crippen LogP) is 5.97. The number of nitrogens with zero attached hydrogens (tertiary/aromatic N) is 4. The number of piperazine rings is 1. The van der Waals surface area contributed by atoms with E-state index < -0.39 is 35.5 Å². The van der Waals surface area contributed by atoms with Crippen molar-refractivity contribution in [1.29, 1.82) is 0 Å². The van der Waals surface area contributed by atoms with E-state index >= 15 is 4.39 Å². The number of aromatic hydroxyl groups is 1. The summed E-state index contributed by atoms with van der Waals surface area (Å²) in [5.41, 5.74) is 6.85. The third-order valence-corrected chi connectivity index (χ3v) is 13.7. The van der Waals surface area contributed by atoms with Crippen molar-refractivity contribution >= 4 is 35.0 Å². The lowest BCUT2D eigenvalue weighted by atomic mass is 9.69. The first-order valence-corrected chi connectivity index (χ1v) is 20.5. The Labute approximate surface area is 331 Å². The van der Waals surface area contributed by atoms with Crippen LogP contribution in [0.5, 0.6) is 5.75 Å². The van der Waals surface area contributed by atoms with Crippen LogP contribution in [-0.4, -0.2) is 89.4 Å². The molecule has 0 spiro atoms. The number of hydrogen-bond acceptors (Lipinski definition) is 8. The number of benzene rings is 4. The van der Waals surface area contributed by atoms with E-state index in [1.54, 1.807) is 0 Å². The van der Waals surface area contributed by atoms with Crippen LogP contribution < -0.4 is 15.1 Å². The summed E-state index contributed by atoms with van der Waals surface area (Å²) in [4.78, 5) is 58.7. The minimum Gasteiger partial charge on any atom is -0.508 e. The zero-order valence-electron chi connectivity index (χ0n) is 31.8. The van der Waals surface area contributed by atoms with Crippen LogP contribution in [0.25, 0.3) is 0 Å². The van der Waals surface area contributed by atoms with Crippen LogP contribution in [0.3, 0.4) is 0 Å². The molecule has 0 radical (unpaired) electrons. The molecule has 11 rings (SSSR count). The Morgan fingerprint density at radius 3 is 2.18 bits per heavy atom. The van der Waals surface area contributed by atoms with Gasteiger partial charge < -0.3 is 14.9 Å². The van der Waals surface area contributed by atoms with E-state index in [1.165, 1.54) is 34.0 Å². The fourth-order valence-electron chi connectivity index (χ4n) is 10.7. The van der Waals surface area contributed by atoms with Crippen molar-refractivity contribution in [3.05, 3.63) is 124 Å². The van der Waals surface area contributed by atoms with Crippen molar-refractivity contribution in [3.8, 4) is 5.75 Å². The molecule has 2 bridgehead atoms. The Morgan fingerprint density at radius 2 is 1.46 bits per heavy atom. The number of nitrogens with one attached hydrogen (secondary N) is 1. The molecule has 10 nitrogen and oxygen atoms in total. The summed E-state index contributed by atoms with van der Waals surface area (Å²) in [6.45, 7) is 4.32. The Bertz CT molecular complexity index is 2260. The normalized spacial score (nSPS) is 26.3. The van der Waals surface area contributed by atoms with Gasteiger partial charge in [0, 0.05) is 62.8 Å². The highest BCUT2D eigenvalue weighted by atomic mass is 19.1. The smallest absolute Gasteiger partial charge is 0.262 e. The Hall–Kier alpha value is -5.55. The number of fused-ring (bicyclic) bond motifs is 4. The third-order valence-electron chi connectivity index (χ3n) is 13.7. The van der Waals surface area contributed by atoms with Gasteiger partial charge in [0.1, 0.15) is 17.6 Å². The van der Waals surface area contributed by atoms with Crippen molar-refractivity contribution in [3.63, 3.8) is 0 Å². The third kappa shape index (κ3) is 6.27. The quantitative estimate of drug-likeness (QED) is 0.221. The molecule has 2 N–H and O–H groups in total. The zero-order chi connectivity index (χ0) is 38.9. The van der Waals surface area contributed by atoms with E-state index in [1.807, 2.05) is 17.0 Å². The van der Waals surface area contributed by atoms with E-state index in [9.17, 15) is 24.3 Å². The van der Waals surface area contributed by atoms with Crippen LogP contribution in [-0.2, 0) is 16.0 Å². The van der Waals surface area contributed by atoms with E-state index in [0.29, 0.717) is 48.4 Å². The number of halogens is 1. The Morgan fingerprint density at radius 1 is 0.737 bits per heavy atom. The Kier molecular flexibility index (Phi) is 8.88. The van der Waals surface area contributed by atoms with E-state index in [-0.39, 0.29) is 29.9 Å². The topological polar surface area (TPSA) is 114 Å². The van der Waals surface area contributed by atoms with E-state index in [4.69, 9.17) is 0 Å². The predicted molar refractivity (Wildman–Crippen MR) is 213 cm³/mol. The van der Waals surface area contributed by atoms with Gasteiger partial charge in [-0.3, -0.25) is 34.3 Å². The molecule has 1 aliphatic carbocycles. The van der Waals surface area contributed by atoms with Crippen molar-refractivity contribution in [2.45, 2.75) is 74.9 Å². The number of piperidine rings is 3.